The van der Waals surface area contributed by atoms with Gasteiger partial charge in [0.05, 0.1) is 25.5 Å². The third kappa shape index (κ3) is 11.3. The predicted molar refractivity (Wildman–Crippen MR) is 292 cm³/mol. The Balaban J connectivity index is 0.853. The van der Waals surface area contributed by atoms with Crippen LogP contribution in [-0.2, 0) is 23.0 Å². The van der Waals surface area contributed by atoms with Gasteiger partial charge in [-0.1, -0.05) is 57.9 Å². The fraction of sp³-hybridized carbons (Fsp3) is 0.483. The number of anilines is 2. The van der Waals surface area contributed by atoms with Crippen LogP contribution < -0.4 is 29.1 Å². The van der Waals surface area contributed by atoms with Gasteiger partial charge in [-0.05, 0) is 127 Å². The number of pyridine rings is 3. The number of nitroso groups, excluding NO2 is 1. The van der Waals surface area contributed by atoms with Gasteiger partial charge in [-0.15, -0.1) is 4.91 Å². The molecule has 5 heterocycles. The highest BCUT2D eigenvalue weighted by atomic mass is 32.2. The van der Waals surface area contributed by atoms with Crippen molar-refractivity contribution in [1.82, 2.24) is 29.5 Å². The Kier molecular flexibility index (Phi) is 15.5. The van der Waals surface area contributed by atoms with E-state index in [9.17, 15) is 22.5 Å². The van der Waals surface area contributed by atoms with Crippen LogP contribution in [0.5, 0.6) is 23.3 Å². The molecule has 4 fully saturated rings. The van der Waals surface area contributed by atoms with Gasteiger partial charge < -0.3 is 24.4 Å². The van der Waals surface area contributed by atoms with E-state index in [1.165, 1.54) is 42.0 Å². The topological polar surface area (TPSA) is 181 Å². The Bertz CT molecular complexity index is 3110. The van der Waals surface area contributed by atoms with Gasteiger partial charge in [-0.25, -0.2) is 32.5 Å². The third-order valence-corrected chi connectivity index (χ3v) is 17.9. The number of piperidine rings is 1. The number of carbonyl (C=O) groups is 1. The Labute approximate surface area is 445 Å². The Morgan fingerprint density at radius 3 is 2.45 bits per heavy atom. The second-order valence-electron chi connectivity index (χ2n) is 22.1. The Morgan fingerprint density at radius 1 is 0.934 bits per heavy atom. The molecule has 18 heteroatoms. The molecule has 3 aromatic heterocycles. The quantitative estimate of drug-likeness (QED) is 0.0840. The first-order chi connectivity index (χ1) is 36.6. The molecule has 76 heavy (non-hydrogen) atoms. The van der Waals surface area contributed by atoms with Crippen LogP contribution in [0, 0.1) is 29.1 Å². The average Bonchev–Trinajstić information content (AvgIpc) is 3.79. The molecule has 2 aromatic carbocycles. The van der Waals surface area contributed by atoms with Gasteiger partial charge in [0.2, 0.25) is 5.88 Å². The molecule has 1 spiro atoms. The molecule has 2 N–H and O–H groups in total. The number of aromatic nitrogens is 3. The molecule has 1 amide bonds. The number of fused-ring (bicyclic) bond motifs is 1. The highest BCUT2D eigenvalue weighted by molar-refractivity contribution is 7.90. The van der Waals surface area contributed by atoms with Crippen LogP contribution in [0.15, 0.2) is 89.1 Å². The second kappa shape index (κ2) is 22.2. The molecule has 0 bridgehead atoms. The number of halogens is 1. The van der Waals surface area contributed by atoms with Gasteiger partial charge in [-0.3, -0.25) is 14.6 Å². The summed E-state index contributed by atoms with van der Waals surface area (Å²) < 4.78 is 62.4. The van der Waals surface area contributed by atoms with Gasteiger partial charge in [0.25, 0.3) is 21.8 Å². The first kappa shape index (κ1) is 52.9. The summed E-state index contributed by atoms with van der Waals surface area (Å²) in [4.78, 5) is 46.7. The minimum absolute atomic E-state index is 0.0201. The number of ether oxygens (including phenoxy) is 3. The highest BCUT2D eigenvalue weighted by Gasteiger charge is 2.50. The molecule has 2 saturated heterocycles. The van der Waals surface area contributed by atoms with Gasteiger partial charge in [0, 0.05) is 99.6 Å². The number of amides is 1. The fourth-order valence-corrected chi connectivity index (χ4v) is 13.3. The first-order valence-corrected chi connectivity index (χ1v) is 28.3. The van der Waals surface area contributed by atoms with Crippen molar-refractivity contribution < 1.29 is 31.8 Å². The number of hydrogen-bond acceptors (Lipinski definition) is 15. The lowest BCUT2D eigenvalue weighted by molar-refractivity contribution is -0.0628. The van der Waals surface area contributed by atoms with E-state index < -0.39 is 26.7 Å². The van der Waals surface area contributed by atoms with Crippen LogP contribution >= 0.6 is 0 Å². The van der Waals surface area contributed by atoms with E-state index in [0.717, 1.165) is 114 Å². The number of nitrogens with one attached hydrogen (secondary N) is 2. The Morgan fingerprint density at radius 2 is 1.71 bits per heavy atom. The fourth-order valence-electron chi connectivity index (χ4n) is 12.3. The molecule has 10 rings (SSSR count). The third-order valence-electron chi connectivity index (χ3n) is 16.6. The molecule has 1 atom stereocenters. The number of allylic oxidation sites excluding steroid dienone is 1. The van der Waals surface area contributed by atoms with Gasteiger partial charge in [0.15, 0.2) is 17.3 Å². The van der Waals surface area contributed by atoms with Crippen LogP contribution in [0.3, 0.4) is 0 Å². The molecule has 3 aliphatic carbocycles. The van der Waals surface area contributed by atoms with E-state index in [2.05, 4.69) is 96.0 Å². The summed E-state index contributed by atoms with van der Waals surface area (Å²) in [6.07, 6.45) is 11.3. The molecular weight excluding hydrogens is 986 g/mol. The first-order valence-electron chi connectivity index (χ1n) is 26.8. The molecule has 402 valence electrons. The lowest BCUT2D eigenvalue weighted by Crippen LogP contribution is -2.60. The normalized spacial score (nSPS) is 20.9. The van der Waals surface area contributed by atoms with Crippen molar-refractivity contribution in [1.29, 1.82) is 0 Å². The van der Waals surface area contributed by atoms with E-state index in [4.69, 9.17) is 14.2 Å². The summed E-state index contributed by atoms with van der Waals surface area (Å²) in [5.74, 6) is 1.01. The number of benzene rings is 2. The van der Waals surface area contributed by atoms with Crippen LogP contribution in [-0.4, -0.2) is 98.6 Å². The molecule has 5 aromatic rings. The second-order valence-corrected chi connectivity index (χ2v) is 23.8. The number of methoxy groups -OCH3 is 2. The lowest BCUT2D eigenvalue weighted by Gasteiger charge is -2.58. The van der Waals surface area contributed by atoms with Gasteiger partial charge in [-0.2, -0.15) is 0 Å². The zero-order chi connectivity index (χ0) is 53.3. The maximum Gasteiger partial charge on any atom is 0.268 e. The van der Waals surface area contributed by atoms with Gasteiger partial charge >= 0.3 is 0 Å². The molecule has 0 radical (unpaired) electrons. The standard InChI is InChI=1S/C58H70FN9O7S/c1-36(2)44-9-7-8-10-45(44)51-35-66(34-40-25-38(4)62-54(26-40)73-5)23-24-68(51)42-30-58(31-42)19-21-67(22-20-58)41-15-16-46(52(27-41)75-53-29-47-48(59)17-18-49(47)63-57(53)74-6)56(69)65-76(71,72)43-28-50(64-70)55(61-33-43)60-32-39-13-11-37(3)12-14-39/h7-10,15-17,25-29,33,36-37,39,42,51H,11-14,18-24,30-32,34-35H2,1-6H3,(H,60,61)(H,65,69)/t37?,39?,51-/m0/s1. The van der Waals surface area contributed by atoms with E-state index in [1.807, 2.05) is 13.0 Å². The SMILES string of the molecule is COc1cc(CN2CCN(C3CC4(CCN(c5ccc(C(=O)NS(=O)(=O)c6cnc(NCC7CCC(C)CC7)c(N=O)c6)c(Oc6cc7c(nc6OC)CC=C7F)c5)CC4)C3)[C@H](c3ccccc3C(C)C)C2)cc(C)n1. The maximum absolute atomic E-state index is 15.0. The summed E-state index contributed by atoms with van der Waals surface area (Å²) in [5, 5.41) is 6.25. The van der Waals surface area contributed by atoms with Crippen molar-refractivity contribution in [2.75, 3.05) is 63.7 Å². The largest absolute Gasteiger partial charge is 0.481 e. The van der Waals surface area contributed by atoms with Crippen LogP contribution in [0.1, 0.15) is 128 Å². The summed E-state index contributed by atoms with van der Waals surface area (Å²) in [6.45, 7) is 14.6. The molecule has 5 aliphatic rings. The number of carbonyl (C=O) groups excluding carboxylic acids is 1. The van der Waals surface area contributed by atoms with E-state index in [1.54, 1.807) is 19.2 Å². The zero-order valence-corrected chi connectivity index (χ0v) is 45.3. The maximum atomic E-state index is 15.0. The zero-order valence-electron chi connectivity index (χ0n) is 44.5. The van der Waals surface area contributed by atoms with E-state index >= 15 is 0 Å². The summed E-state index contributed by atoms with van der Waals surface area (Å²) >= 11 is 0. The molecular formula is C58H70FN9O7S. The number of piperazine rings is 1. The molecule has 0 unspecified atom stereocenters. The van der Waals surface area contributed by atoms with Crippen molar-refractivity contribution in [3.8, 4) is 23.3 Å². The Hall–Kier alpha value is -6.50. The number of rotatable bonds is 17. The summed E-state index contributed by atoms with van der Waals surface area (Å²) in [6, 6.07) is 21.5. The van der Waals surface area contributed by atoms with E-state index in [-0.39, 0.29) is 57.9 Å². The van der Waals surface area contributed by atoms with Crippen molar-refractivity contribution in [3.63, 3.8) is 0 Å². The highest BCUT2D eigenvalue weighted by Crippen LogP contribution is 2.54. The molecule has 2 saturated carbocycles. The van der Waals surface area contributed by atoms with E-state index in [0.29, 0.717) is 41.9 Å². The molecule has 16 nitrogen and oxygen atoms in total. The van der Waals surface area contributed by atoms with Crippen molar-refractivity contribution in [3.05, 3.63) is 123 Å². The number of aryl methyl sites for hydroxylation is 1. The van der Waals surface area contributed by atoms with Crippen LogP contribution in [0.2, 0.25) is 0 Å². The molecule has 2 aliphatic heterocycles. The minimum atomic E-state index is -4.58. The lowest BCUT2D eigenvalue weighted by atomic mass is 9.59. The summed E-state index contributed by atoms with van der Waals surface area (Å²) in [7, 11) is -1.49. The van der Waals surface area contributed by atoms with Gasteiger partial charge in [0.1, 0.15) is 16.5 Å². The predicted octanol–water partition coefficient (Wildman–Crippen LogP) is 11.0. The minimum Gasteiger partial charge on any atom is -0.481 e. The smallest absolute Gasteiger partial charge is 0.268 e. The summed E-state index contributed by atoms with van der Waals surface area (Å²) in [5.41, 5.74) is 6.37. The van der Waals surface area contributed by atoms with Crippen molar-refractivity contribution in [2.24, 2.45) is 22.4 Å². The number of nitrogens with zero attached hydrogens (tertiary/aromatic N) is 7. The van der Waals surface area contributed by atoms with Crippen molar-refractivity contribution >= 4 is 38.9 Å². The number of sulfonamides is 1. The van der Waals surface area contributed by atoms with Crippen LogP contribution in [0.4, 0.5) is 21.6 Å². The van der Waals surface area contributed by atoms with Crippen molar-refractivity contribution in [2.45, 2.75) is 115 Å². The van der Waals surface area contributed by atoms with Crippen LogP contribution in [0.25, 0.3) is 5.83 Å². The number of hydrogen-bond donors (Lipinski definition) is 2. The monoisotopic (exact) mass is 1060 g/mol. The average molecular weight is 1060 g/mol.